The number of fused-ring (bicyclic) bond motifs is 1. The van der Waals surface area contributed by atoms with Crippen LogP contribution in [0.15, 0.2) is 39.6 Å². The van der Waals surface area contributed by atoms with Gasteiger partial charge in [0.25, 0.3) is 5.91 Å². The number of carbonyl (C=O) groups is 2. The number of amides is 2. The standard InChI is InChI=1S/C20H24N4O5S/c1-14-2-5-18(29-14)20(26)23-10-8-22(9-11-23)13-19(25)24-7-6-15-12-16(30(21,27)28)3-4-17(15)24/h2-5,12H,6-11,13H2,1H3,(H2,21,27,28). The second-order valence-electron chi connectivity index (χ2n) is 7.61. The number of hydrogen-bond donors (Lipinski definition) is 1. The first kappa shape index (κ1) is 20.6. The summed E-state index contributed by atoms with van der Waals surface area (Å²) in [6, 6.07) is 8.06. The van der Waals surface area contributed by atoms with E-state index in [1.54, 1.807) is 41.0 Å². The number of furan rings is 1. The molecule has 2 aliphatic heterocycles. The Morgan fingerprint density at radius 3 is 2.43 bits per heavy atom. The average molecular weight is 433 g/mol. The van der Waals surface area contributed by atoms with Gasteiger partial charge >= 0.3 is 0 Å². The average Bonchev–Trinajstić information content (AvgIpc) is 3.33. The highest BCUT2D eigenvalue weighted by atomic mass is 32.2. The van der Waals surface area contributed by atoms with Gasteiger partial charge in [-0.15, -0.1) is 0 Å². The van der Waals surface area contributed by atoms with Gasteiger partial charge in [0, 0.05) is 38.4 Å². The van der Waals surface area contributed by atoms with Gasteiger partial charge in [-0.25, -0.2) is 13.6 Å². The number of nitrogens with zero attached hydrogens (tertiary/aromatic N) is 3. The summed E-state index contributed by atoms with van der Waals surface area (Å²) in [5.74, 6) is 0.862. The molecule has 0 radical (unpaired) electrons. The van der Waals surface area contributed by atoms with Gasteiger partial charge in [0.2, 0.25) is 15.9 Å². The number of benzene rings is 1. The number of anilines is 1. The summed E-state index contributed by atoms with van der Waals surface area (Å²) in [6.07, 6.45) is 0.593. The largest absolute Gasteiger partial charge is 0.456 e. The number of rotatable bonds is 4. The monoisotopic (exact) mass is 432 g/mol. The molecule has 30 heavy (non-hydrogen) atoms. The highest BCUT2D eigenvalue weighted by molar-refractivity contribution is 7.89. The van der Waals surface area contributed by atoms with Gasteiger partial charge in [-0.05, 0) is 49.2 Å². The van der Waals surface area contributed by atoms with Crippen LogP contribution in [0, 0.1) is 6.92 Å². The van der Waals surface area contributed by atoms with Crippen LogP contribution in [0.25, 0.3) is 0 Å². The molecular weight excluding hydrogens is 408 g/mol. The first-order chi connectivity index (χ1) is 14.2. The van der Waals surface area contributed by atoms with Crippen LogP contribution < -0.4 is 10.0 Å². The number of aryl methyl sites for hydroxylation is 1. The normalized spacial score (nSPS) is 17.3. The number of piperazine rings is 1. The molecule has 4 rings (SSSR count). The molecule has 0 spiro atoms. The summed E-state index contributed by atoms with van der Waals surface area (Å²) in [5.41, 5.74) is 1.54. The van der Waals surface area contributed by atoms with E-state index in [9.17, 15) is 18.0 Å². The van der Waals surface area contributed by atoms with E-state index in [2.05, 4.69) is 0 Å². The third kappa shape index (κ3) is 4.11. The van der Waals surface area contributed by atoms with E-state index < -0.39 is 10.0 Å². The van der Waals surface area contributed by atoms with Crippen molar-refractivity contribution in [2.24, 2.45) is 5.14 Å². The third-order valence-electron chi connectivity index (χ3n) is 5.55. The van der Waals surface area contributed by atoms with Gasteiger partial charge in [-0.1, -0.05) is 0 Å². The number of carbonyl (C=O) groups excluding carboxylic acids is 2. The minimum atomic E-state index is -3.77. The SMILES string of the molecule is Cc1ccc(C(=O)N2CCN(CC(=O)N3CCc4cc(S(N)(=O)=O)ccc43)CC2)o1. The van der Waals surface area contributed by atoms with Gasteiger partial charge in [0.15, 0.2) is 5.76 Å². The number of hydrogen-bond acceptors (Lipinski definition) is 6. The molecule has 9 nitrogen and oxygen atoms in total. The molecule has 1 saturated heterocycles. The summed E-state index contributed by atoms with van der Waals surface area (Å²) in [6.45, 7) is 4.81. The molecule has 0 unspecified atom stereocenters. The van der Waals surface area contributed by atoms with E-state index in [1.165, 1.54) is 6.07 Å². The van der Waals surface area contributed by atoms with Crippen molar-refractivity contribution in [3.8, 4) is 0 Å². The van der Waals surface area contributed by atoms with Crippen molar-refractivity contribution in [2.75, 3.05) is 44.2 Å². The Morgan fingerprint density at radius 2 is 1.80 bits per heavy atom. The van der Waals surface area contributed by atoms with Crippen LogP contribution in [0.1, 0.15) is 21.9 Å². The van der Waals surface area contributed by atoms with Crippen molar-refractivity contribution in [3.63, 3.8) is 0 Å². The Hall–Kier alpha value is -2.69. The van der Waals surface area contributed by atoms with E-state index in [4.69, 9.17) is 9.56 Å². The topological polar surface area (TPSA) is 117 Å². The molecule has 1 fully saturated rings. The fourth-order valence-electron chi connectivity index (χ4n) is 3.91. The first-order valence-electron chi connectivity index (χ1n) is 9.76. The van der Waals surface area contributed by atoms with E-state index in [0.717, 1.165) is 11.3 Å². The lowest BCUT2D eigenvalue weighted by molar-refractivity contribution is -0.120. The summed E-state index contributed by atoms with van der Waals surface area (Å²) in [5, 5.41) is 5.19. The van der Waals surface area contributed by atoms with Crippen molar-refractivity contribution >= 4 is 27.5 Å². The van der Waals surface area contributed by atoms with E-state index in [0.29, 0.717) is 50.7 Å². The Kier molecular flexibility index (Phi) is 5.39. The van der Waals surface area contributed by atoms with Gasteiger partial charge < -0.3 is 14.2 Å². The van der Waals surface area contributed by atoms with Crippen molar-refractivity contribution < 1.29 is 22.4 Å². The highest BCUT2D eigenvalue weighted by Crippen LogP contribution is 2.30. The molecule has 0 saturated carbocycles. The second kappa shape index (κ2) is 7.86. The fourth-order valence-corrected chi connectivity index (χ4v) is 4.47. The summed E-state index contributed by atoms with van der Waals surface area (Å²) < 4.78 is 28.5. The van der Waals surface area contributed by atoms with Crippen LogP contribution in [0.5, 0.6) is 0 Å². The Morgan fingerprint density at radius 1 is 1.07 bits per heavy atom. The Labute approximate surface area is 175 Å². The van der Waals surface area contributed by atoms with Crippen molar-refractivity contribution in [2.45, 2.75) is 18.2 Å². The van der Waals surface area contributed by atoms with E-state index in [-0.39, 0.29) is 23.3 Å². The van der Waals surface area contributed by atoms with Gasteiger partial charge in [0.05, 0.1) is 11.4 Å². The Balaban J connectivity index is 1.35. The predicted octanol–water partition coefficient (Wildman–Crippen LogP) is 0.583. The third-order valence-corrected chi connectivity index (χ3v) is 6.46. The van der Waals surface area contributed by atoms with Crippen molar-refractivity contribution in [3.05, 3.63) is 47.4 Å². The molecule has 3 heterocycles. The van der Waals surface area contributed by atoms with Crippen LogP contribution in [0.2, 0.25) is 0 Å². The van der Waals surface area contributed by atoms with E-state index >= 15 is 0 Å². The molecule has 0 bridgehead atoms. The lowest BCUT2D eigenvalue weighted by atomic mass is 10.2. The van der Waals surface area contributed by atoms with Crippen LogP contribution >= 0.6 is 0 Å². The molecule has 2 aliphatic rings. The quantitative estimate of drug-likeness (QED) is 0.755. The zero-order valence-corrected chi connectivity index (χ0v) is 17.5. The molecular formula is C20H24N4O5S. The maximum absolute atomic E-state index is 12.8. The summed E-state index contributed by atoms with van der Waals surface area (Å²) >= 11 is 0. The molecule has 0 aliphatic carbocycles. The minimum absolute atomic E-state index is 0.0430. The van der Waals surface area contributed by atoms with Crippen molar-refractivity contribution in [1.82, 2.24) is 9.80 Å². The smallest absolute Gasteiger partial charge is 0.289 e. The molecule has 0 atom stereocenters. The van der Waals surface area contributed by atoms with Gasteiger partial charge in [-0.2, -0.15) is 0 Å². The maximum Gasteiger partial charge on any atom is 0.289 e. The minimum Gasteiger partial charge on any atom is -0.456 e. The summed E-state index contributed by atoms with van der Waals surface area (Å²) in [4.78, 5) is 30.8. The van der Waals surface area contributed by atoms with Crippen LogP contribution in [-0.2, 0) is 21.2 Å². The Bertz CT molecular complexity index is 1090. The van der Waals surface area contributed by atoms with E-state index in [1.807, 2.05) is 4.90 Å². The van der Waals surface area contributed by atoms with Crippen LogP contribution in [0.3, 0.4) is 0 Å². The van der Waals surface area contributed by atoms with Crippen LogP contribution in [-0.4, -0.2) is 69.3 Å². The van der Waals surface area contributed by atoms with Crippen molar-refractivity contribution in [1.29, 1.82) is 0 Å². The lowest BCUT2D eigenvalue weighted by Crippen LogP contribution is -2.51. The number of primary sulfonamides is 1. The van der Waals surface area contributed by atoms with Crippen LogP contribution in [0.4, 0.5) is 5.69 Å². The molecule has 160 valence electrons. The molecule has 2 amide bonds. The molecule has 1 aromatic carbocycles. The first-order valence-corrected chi connectivity index (χ1v) is 11.3. The van der Waals surface area contributed by atoms with Gasteiger partial charge in [-0.3, -0.25) is 14.5 Å². The number of sulfonamides is 1. The highest BCUT2D eigenvalue weighted by Gasteiger charge is 2.29. The molecule has 10 heteroatoms. The van der Waals surface area contributed by atoms with Gasteiger partial charge in [0.1, 0.15) is 5.76 Å². The zero-order chi connectivity index (χ0) is 21.5. The zero-order valence-electron chi connectivity index (χ0n) is 16.7. The maximum atomic E-state index is 12.8. The number of nitrogens with two attached hydrogens (primary N) is 1. The summed E-state index contributed by atoms with van der Waals surface area (Å²) in [7, 11) is -3.77. The predicted molar refractivity (Wildman–Crippen MR) is 110 cm³/mol. The lowest BCUT2D eigenvalue weighted by Gasteiger charge is -2.34. The molecule has 2 aromatic rings. The molecule has 2 N–H and O–H groups in total. The second-order valence-corrected chi connectivity index (χ2v) is 9.17. The molecule has 1 aromatic heterocycles. The fraction of sp³-hybridized carbons (Fsp3) is 0.400.